The van der Waals surface area contributed by atoms with Crippen LogP contribution in [0.4, 0.5) is 8.78 Å². The predicted octanol–water partition coefficient (Wildman–Crippen LogP) is 2.80. The largest absolute Gasteiger partial charge is 0.376 e. The molecule has 0 bridgehead atoms. The highest BCUT2D eigenvalue weighted by atomic mass is 79.9. The summed E-state index contributed by atoms with van der Waals surface area (Å²) in [7, 11) is 0. The van der Waals surface area contributed by atoms with E-state index in [2.05, 4.69) is 15.9 Å². The zero-order chi connectivity index (χ0) is 9.42. The van der Waals surface area contributed by atoms with Crippen LogP contribution in [0.1, 0.15) is 11.1 Å². The van der Waals surface area contributed by atoms with Gasteiger partial charge in [-0.3, -0.25) is 0 Å². The van der Waals surface area contributed by atoms with Crippen LogP contribution in [0.25, 0.3) is 0 Å². The van der Waals surface area contributed by atoms with E-state index in [1.807, 2.05) is 0 Å². The van der Waals surface area contributed by atoms with Gasteiger partial charge in [-0.25, -0.2) is 8.78 Å². The summed E-state index contributed by atoms with van der Waals surface area (Å²) in [6, 6.07) is 0.887. The van der Waals surface area contributed by atoms with E-state index in [0.717, 1.165) is 6.07 Å². The summed E-state index contributed by atoms with van der Waals surface area (Å²) in [5.74, 6) is -1.06. The lowest BCUT2D eigenvalue weighted by atomic mass is 10.0. The van der Waals surface area contributed by atoms with Gasteiger partial charge in [0.15, 0.2) is 0 Å². The van der Waals surface area contributed by atoms with Crippen molar-refractivity contribution in [3.05, 3.63) is 33.3 Å². The van der Waals surface area contributed by atoms with Crippen molar-refractivity contribution in [2.75, 3.05) is 6.61 Å². The van der Waals surface area contributed by atoms with Gasteiger partial charge in [0.1, 0.15) is 11.6 Å². The van der Waals surface area contributed by atoms with Crippen LogP contribution in [0, 0.1) is 11.6 Å². The van der Waals surface area contributed by atoms with Crippen molar-refractivity contribution in [1.29, 1.82) is 0 Å². The molecule has 1 aromatic carbocycles. The molecular weight excluding hydrogens is 242 g/mol. The van der Waals surface area contributed by atoms with E-state index < -0.39 is 11.6 Å². The van der Waals surface area contributed by atoms with Crippen molar-refractivity contribution in [3.63, 3.8) is 0 Å². The zero-order valence-electron chi connectivity index (χ0n) is 6.74. The third kappa shape index (κ3) is 1.48. The maximum Gasteiger partial charge on any atom is 0.140 e. The molecule has 0 aliphatic carbocycles. The Morgan fingerprint density at radius 2 is 2.00 bits per heavy atom. The van der Waals surface area contributed by atoms with Crippen molar-refractivity contribution >= 4 is 15.9 Å². The number of fused-ring (bicyclic) bond motifs is 1. The molecule has 0 saturated carbocycles. The van der Waals surface area contributed by atoms with Gasteiger partial charge in [0, 0.05) is 11.6 Å². The molecule has 0 fully saturated rings. The Labute approximate surface area is 82.8 Å². The van der Waals surface area contributed by atoms with E-state index in [-0.39, 0.29) is 6.61 Å². The Kier molecular flexibility index (Phi) is 2.34. The van der Waals surface area contributed by atoms with Crippen LogP contribution in [0.3, 0.4) is 0 Å². The van der Waals surface area contributed by atoms with E-state index in [9.17, 15) is 8.78 Å². The van der Waals surface area contributed by atoms with Gasteiger partial charge in [0.25, 0.3) is 0 Å². The lowest BCUT2D eigenvalue weighted by molar-refractivity contribution is 0.107. The third-order valence-corrected chi connectivity index (χ3v) is 2.98. The van der Waals surface area contributed by atoms with Crippen LogP contribution in [0.5, 0.6) is 0 Å². The molecule has 1 nitrogen and oxygen atoms in total. The molecule has 1 aliphatic rings. The second kappa shape index (κ2) is 3.35. The molecule has 0 unspecified atom stereocenters. The van der Waals surface area contributed by atoms with Crippen molar-refractivity contribution < 1.29 is 13.5 Å². The van der Waals surface area contributed by atoms with Gasteiger partial charge < -0.3 is 4.74 Å². The number of ether oxygens (including phenoxy) is 1. The SMILES string of the molecule is Fc1cc(F)c2c(c1Br)CCOC2. The molecule has 0 spiro atoms. The Balaban J connectivity index is 2.63. The molecule has 70 valence electrons. The Bertz CT molecular complexity index is 352. The molecule has 13 heavy (non-hydrogen) atoms. The van der Waals surface area contributed by atoms with Gasteiger partial charge in [-0.05, 0) is 27.9 Å². The standard InChI is InChI=1S/C9H7BrF2O/c10-9-5-1-2-13-4-6(5)7(11)3-8(9)12/h3H,1-2,4H2. The van der Waals surface area contributed by atoms with Crippen LogP contribution in [-0.2, 0) is 17.8 Å². The van der Waals surface area contributed by atoms with E-state index in [1.54, 1.807) is 0 Å². The fraction of sp³-hybridized carbons (Fsp3) is 0.333. The smallest absolute Gasteiger partial charge is 0.140 e. The van der Waals surface area contributed by atoms with Gasteiger partial charge in [-0.1, -0.05) is 0 Å². The van der Waals surface area contributed by atoms with Gasteiger partial charge >= 0.3 is 0 Å². The van der Waals surface area contributed by atoms with Crippen LogP contribution in [-0.4, -0.2) is 6.61 Å². The summed E-state index contributed by atoms with van der Waals surface area (Å²) in [6.45, 7) is 0.758. The summed E-state index contributed by atoms with van der Waals surface area (Å²) in [4.78, 5) is 0. The fourth-order valence-corrected chi connectivity index (χ4v) is 2.00. The lowest BCUT2D eigenvalue weighted by Gasteiger charge is -2.18. The first-order valence-electron chi connectivity index (χ1n) is 3.93. The zero-order valence-corrected chi connectivity index (χ0v) is 8.33. The Hall–Kier alpha value is -0.480. The molecule has 1 aliphatic heterocycles. The van der Waals surface area contributed by atoms with Crippen molar-refractivity contribution in [1.82, 2.24) is 0 Å². The quantitative estimate of drug-likeness (QED) is 0.642. The van der Waals surface area contributed by atoms with Crippen molar-refractivity contribution in [2.45, 2.75) is 13.0 Å². The highest BCUT2D eigenvalue weighted by Crippen LogP contribution is 2.29. The van der Waals surface area contributed by atoms with Crippen LogP contribution in [0.15, 0.2) is 10.5 Å². The fourth-order valence-electron chi connectivity index (χ4n) is 1.45. The second-order valence-electron chi connectivity index (χ2n) is 2.91. The Morgan fingerprint density at radius 1 is 1.23 bits per heavy atom. The number of rotatable bonds is 0. The topological polar surface area (TPSA) is 9.23 Å². The monoisotopic (exact) mass is 248 g/mol. The second-order valence-corrected chi connectivity index (χ2v) is 3.71. The highest BCUT2D eigenvalue weighted by Gasteiger charge is 2.19. The molecule has 1 aromatic rings. The van der Waals surface area contributed by atoms with E-state index in [4.69, 9.17) is 4.74 Å². The molecule has 1 heterocycles. The first kappa shape index (κ1) is 9.09. The van der Waals surface area contributed by atoms with Gasteiger partial charge in [0.2, 0.25) is 0 Å². The average Bonchev–Trinajstić information content (AvgIpc) is 2.15. The molecule has 0 saturated heterocycles. The number of benzene rings is 1. The van der Waals surface area contributed by atoms with Gasteiger partial charge in [0.05, 0.1) is 17.7 Å². The third-order valence-electron chi connectivity index (χ3n) is 2.12. The molecular formula is C9H7BrF2O. The minimum absolute atomic E-state index is 0.236. The lowest BCUT2D eigenvalue weighted by Crippen LogP contribution is -2.13. The van der Waals surface area contributed by atoms with Crippen LogP contribution < -0.4 is 0 Å². The summed E-state index contributed by atoms with van der Waals surface area (Å²) < 4.78 is 31.7. The number of halogens is 3. The Morgan fingerprint density at radius 3 is 2.77 bits per heavy atom. The van der Waals surface area contributed by atoms with Crippen molar-refractivity contribution in [3.8, 4) is 0 Å². The summed E-state index contributed by atoms with van der Waals surface area (Å²) in [6.07, 6.45) is 0.560. The van der Waals surface area contributed by atoms with Gasteiger partial charge in [-0.2, -0.15) is 0 Å². The average molecular weight is 249 g/mol. The van der Waals surface area contributed by atoms with E-state index >= 15 is 0 Å². The molecule has 0 atom stereocenters. The first-order chi connectivity index (χ1) is 6.20. The normalized spacial score (nSPS) is 15.6. The minimum Gasteiger partial charge on any atom is -0.376 e. The van der Waals surface area contributed by atoms with Crippen molar-refractivity contribution in [2.24, 2.45) is 0 Å². The predicted molar refractivity (Wildman–Crippen MR) is 47.4 cm³/mol. The van der Waals surface area contributed by atoms with Crippen LogP contribution in [0.2, 0.25) is 0 Å². The number of hydrogen-bond acceptors (Lipinski definition) is 1. The molecule has 4 heteroatoms. The first-order valence-corrected chi connectivity index (χ1v) is 4.72. The van der Waals surface area contributed by atoms with Gasteiger partial charge in [-0.15, -0.1) is 0 Å². The van der Waals surface area contributed by atoms with Crippen LogP contribution >= 0.6 is 15.9 Å². The molecule has 0 aromatic heterocycles. The van der Waals surface area contributed by atoms with E-state index in [0.29, 0.717) is 28.6 Å². The summed E-state index contributed by atoms with van der Waals surface area (Å²) in [5, 5.41) is 0. The molecule has 0 N–H and O–H groups in total. The maximum atomic E-state index is 13.2. The van der Waals surface area contributed by atoms with E-state index in [1.165, 1.54) is 0 Å². The number of hydrogen-bond donors (Lipinski definition) is 0. The summed E-state index contributed by atoms with van der Waals surface area (Å²) >= 11 is 3.10. The minimum atomic E-state index is -0.543. The molecule has 2 rings (SSSR count). The molecule has 0 radical (unpaired) electrons. The summed E-state index contributed by atoms with van der Waals surface area (Å²) in [5.41, 5.74) is 1.17. The molecule has 0 amide bonds. The maximum absolute atomic E-state index is 13.2. The highest BCUT2D eigenvalue weighted by molar-refractivity contribution is 9.10.